The van der Waals surface area contributed by atoms with Crippen molar-refractivity contribution < 1.29 is 23.1 Å². The Balaban J connectivity index is 1.77. The van der Waals surface area contributed by atoms with Crippen molar-refractivity contribution in [3.05, 3.63) is 40.1 Å². The minimum absolute atomic E-state index is 0.0376. The van der Waals surface area contributed by atoms with Gasteiger partial charge in [-0.3, -0.25) is 4.52 Å². The third-order valence-corrected chi connectivity index (χ3v) is 4.56. The van der Waals surface area contributed by atoms with Crippen molar-refractivity contribution in [3.8, 4) is 23.3 Å². The number of ether oxygens (including phenoxy) is 1. The zero-order valence-corrected chi connectivity index (χ0v) is 17.5. The lowest BCUT2D eigenvalue weighted by Crippen LogP contribution is -2.33. The molecule has 0 aliphatic heterocycles. The molecular weight excluding hydrogens is 431 g/mol. The minimum atomic E-state index is -0.865. The second-order valence-electron chi connectivity index (χ2n) is 7.08. The number of nitrogens with zero attached hydrogens (tertiary/aromatic N) is 5. The highest BCUT2D eigenvalue weighted by molar-refractivity contribution is 7.99. The van der Waals surface area contributed by atoms with Gasteiger partial charge in [0.05, 0.1) is 11.3 Å². The predicted molar refractivity (Wildman–Crippen MR) is 105 cm³/mol. The number of benzene rings is 1. The van der Waals surface area contributed by atoms with Crippen LogP contribution in [0.4, 0.5) is 9.18 Å². The van der Waals surface area contributed by atoms with Gasteiger partial charge in [-0.15, -0.1) is 0 Å². The van der Waals surface area contributed by atoms with Crippen LogP contribution in [0.15, 0.2) is 37.2 Å². The largest absolute Gasteiger partial charge is 0.446 e. The number of thioether (sulfide) groups is 1. The average molecular weight is 448 g/mol. The maximum atomic E-state index is 13.6. The van der Waals surface area contributed by atoms with Gasteiger partial charge in [0.2, 0.25) is 5.82 Å². The SMILES string of the molecule is CC(C)(C)OC(=O)NCCSc1nonc1-c1noc(=O)n1-c1ccc(F)c(C#N)c1. The van der Waals surface area contributed by atoms with Crippen molar-refractivity contribution in [2.45, 2.75) is 31.4 Å². The van der Waals surface area contributed by atoms with Crippen molar-refractivity contribution in [1.29, 1.82) is 5.26 Å². The van der Waals surface area contributed by atoms with Gasteiger partial charge in [-0.1, -0.05) is 16.9 Å². The zero-order chi connectivity index (χ0) is 22.6. The summed E-state index contributed by atoms with van der Waals surface area (Å²) in [7, 11) is 0. The first-order chi connectivity index (χ1) is 14.7. The zero-order valence-electron chi connectivity index (χ0n) is 16.7. The van der Waals surface area contributed by atoms with Crippen molar-refractivity contribution >= 4 is 17.9 Å². The van der Waals surface area contributed by atoms with Crippen LogP contribution in [-0.4, -0.2) is 44.0 Å². The molecule has 0 spiro atoms. The van der Waals surface area contributed by atoms with Gasteiger partial charge in [0, 0.05) is 12.3 Å². The number of halogens is 1. The van der Waals surface area contributed by atoms with E-state index >= 15 is 0 Å². The number of alkyl carbamates (subject to hydrolysis) is 1. The van der Waals surface area contributed by atoms with Gasteiger partial charge in [0.1, 0.15) is 17.5 Å². The van der Waals surface area contributed by atoms with E-state index in [-0.39, 0.29) is 34.3 Å². The number of carbonyl (C=O) groups is 1. The van der Waals surface area contributed by atoms with Gasteiger partial charge in [-0.2, -0.15) is 5.26 Å². The summed E-state index contributed by atoms with van der Waals surface area (Å²) < 4.78 is 29.3. The van der Waals surface area contributed by atoms with Crippen molar-refractivity contribution in [3.63, 3.8) is 0 Å². The van der Waals surface area contributed by atoms with Crippen LogP contribution >= 0.6 is 11.8 Å². The van der Waals surface area contributed by atoms with E-state index in [1.165, 1.54) is 23.9 Å². The first-order valence-electron chi connectivity index (χ1n) is 8.91. The molecule has 3 rings (SSSR count). The Labute approximate surface area is 179 Å². The van der Waals surface area contributed by atoms with Crippen molar-refractivity contribution in [1.82, 2.24) is 25.4 Å². The highest BCUT2D eigenvalue weighted by Crippen LogP contribution is 2.28. The second-order valence-corrected chi connectivity index (χ2v) is 8.16. The Morgan fingerprint density at radius 2 is 2.13 bits per heavy atom. The van der Waals surface area contributed by atoms with Crippen LogP contribution in [0.1, 0.15) is 26.3 Å². The van der Waals surface area contributed by atoms with E-state index in [4.69, 9.17) is 19.2 Å². The third kappa shape index (κ3) is 5.28. The Morgan fingerprint density at radius 3 is 2.84 bits per heavy atom. The van der Waals surface area contributed by atoms with Gasteiger partial charge in [-0.25, -0.2) is 23.2 Å². The molecule has 1 aromatic carbocycles. The molecule has 2 aromatic heterocycles. The van der Waals surface area contributed by atoms with Crippen LogP contribution in [0.2, 0.25) is 0 Å². The number of carbonyl (C=O) groups excluding carboxylic acids is 1. The van der Waals surface area contributed by atoms with E-state index in [1.54, 1.807) is 26.8 Å². The van der Waals surface area contributed by atoms with Crippen molar-refractivity contribution in [2.24, 2.45) is 0 Å². The lowest BCUT2D eigenvalue weighted by Gasteiger charge is -2.19. The summed E-state index contributed by atoms with van der Waals surface area (Å²) in [5.41, 5.74) is -0.596. The molecule has 0 fully saturated rings. The molecule has 0 saturated heterocycles. The third-order valence-electron chi connectivity index (χ3n) is 3.61. The highest BCUT2D eigenvalue weighted by Gasteiger charge is 2.23. The fourth-order valence-electron chi connectivity index (χ4n) is 2.39. The van der Waals surface area contributed by atoms with Crippen LogP contribution < -0.4 is 11.1 Å². The molecule has 0 saturated carbocycles. The summed E-state index contributed by atoms with van der Waals surface area (Å²) in [5.74, 6) is -1.24. The summed E-state index contributed by atoms with van der Waals surface area (Å²) in [6, 6.07) is 5.23. The molecule has 0 unspecified atom stereocenters. The van der Waals surface area contributed by atoms with Crippen molar-refractivity contribution in [2.75, 3.05) is 12.3 Å². The standard InChI is InChI=1S/C18H17FN6O5S/c1-18(2,3)28-16(26)21-6-7-31-15-13(22-30-24-15)14-23-29-17(27)25(14)11-4-5-12(19)10(8-11)9-20/h4-5,8H,6-7H2,1-3H3,(H,21,26). The monoisotopic (exact) mass is 448 g/mol. The lowest BCUT2D eigenvalue weighted by atomic mass is 10.2. The topological polar surface area (TPSA) is 149 Å². The summed E-state index contributed by atoms with van der Waals surface area (Å²) in [5, 5.41) is 23.2. The number of nitriles is 1. The highest BCUT2D eigenvalue weighted by atomic mass is 32.2. The average Bonchev–Trinajstić information content (AvgIpc) is 3.30. The first kappa shape index (κ1) is 22.0. The number of amides is 1. The van der Waals surface area contributed by atoms with E-state index < -0.39 is 23.3 Å². The van der Waals surface area contributed by atoms with Crippen LogP contribution in [-0.2, 0) is 4.74 Å². The quantitative estimate of drug-likeness (QED) is 0.440. The number of rotatable bonds is 6. The predicted octanol–water partition coefficient (Wildman–Crippen LogP) is 2.50. The Bertz CT molecular complexity index is 1190. The number of hydrogen-bond acceptors (Lipinski definition) is 10. The maximum Gasteiger partial charge on any atom is 0.446 e. The van der Waals surface area contributed by atoms with Crippen LogP contribution in [0.3, 0.4) is 0 Å². The molecule has 0 radical (unpaired) electrons. The van der Waals surface area contributed by atoms with Crippen LogP contribution in [0, 0.1) is 17.1 Å². The van der Waals surface area contributed by atoms with Crippen LogP contribution in [0.25, 0.3) is 17.2 Å². The molecule has 13 heteroatoms. The van der Waals surface area contributed by atoms with E-state index in [2.05, 4.69) is 20.8 Å². The van der Waals surface area contributed by atoms with Gasteiger partial charge >= 0.3 is 11.8 Å². The fraction of sp³-hybridized carbons (Fsp3) is 0.333. The number of hydrogen-bond donors (Lipinski definition) is 1. The molecule has 162 valence electrons. The van der Waals surface area contributed by atoms with Gasteiger partial charge < -0.3 is 10.1 Å². The van der Waals surface area contributed by atoms with E-state index in [1.807, 2.05) is 0 Å². The molecule has 1 N–H and O–H groups in total. The molecule has 31 heavy (non-hydrogen) atoms. The summed E-state index contributed by atoms with van der Waals surface area (Å²) in [6.45, 7) is 5.54. The second kappa shape index (κ2) is 9.00. The maximum absolute atomic E-state index is 13.6. The first-order valence-corrected chi connectivity index (χ1v) is 9.89. The minimum Gasteiger partial charge on any atom is -0.444 e. The molecule has 3 aromatic rings. The Hall–Kier alpha value is -3.66. The Kier molecular flexibility index (Phi) is 6.40. The molecule has 0 aliphatic rings. The normalized spacial score (nSPS) is 11.2. The molecule has 0 bridgehead atoms. The van der Waals surface area contributed by atoms with E-state index in [9.17, 15) is 14.0 Å². The summed E-state index contributed by atoms with van der Waals surface area (Å²) in [4.78, 5) is 23.9. The van der Waals surface area contributed by atoms with Crippen LogP contribution in [0.5, 0.6) is 0 Å². The number of nitrogens with one attached hydrogen (secondary N) is 1. The van der Waals surface area contributed by atoms with Gasteiger partial charge in [-0.05, 0) is 49.3 Å². The number of aromatic nitrogens is 4. The summed E-state index contributed by atoms with van der Waals surface area (Å²) >= 11 is 1.18. The molecule has 0 atom stereocenters. The molecule has 1 amide bonds. The van der Waals surface area contributed by atoms with Gasteiger partial charge in [0.15, 0.2) is 10.7 Å². The smallest absolute Gasteiger partial charge is 0.444 e. The molecule has 2 heterocycles. The lowest BCUT2D eigenvalue weighted by molar-refractivity contribution is 0.0531. The molecule has 0 aliphatic carbocycles. The van der Waals surface area contributed by atoms with Gasteiger partial charge in [0.25, 0.3) is 0 Å². The molecular formula is C18H17FN6O5S. The van der Waals surface area contributed by atoms with E-state index in [0.29, 0.717) is 5.75 Å². The Morgan fingerprint density at radius 1 is 1.35 bits per heavy atom. The fourth-order valence-corrected chi connectivity index (χ4v) is 3.14. The molecule has 11 nitrogen and oxygen atoms in total. The van der Waals surface area contributed by atoms with E-state index in [0.717, 1.165) is 10.6 Å². The summed E-state index contributed by atoms with van der Waals surface area (Å²) in [6.07, 6.45) is -0.554.